The van der Waals surface area contributed by atoms with E-state index in [1.165, 1.54) is 57.8 Å². The van der Waals surface area contributed by atoms with Crippen molar-refractivity contribution in [3.63, 3.8) is 0 Å². The van der Waals surface area contributed by atoms with Crippen LogP contribution in [0.15, 0.2) is 0 Å². The summed E-state index contributed by atoms with van der Waals surface area (Å²) in [6.07, 6.45) is 18.1. The van der Waals surface area contributed by atoms with Crippen LogP contribution in [-0.2, 0) is 39.8 Å². The van der Waals surface area contributed by atoms with Gasteiger partial charge < -0.3 is 39.8 Å². The second-order valence-corrected chi connectivity index (χ2v) is 45.4. The molecule has 0 aliphatic heterocycles. The molecule has 0 bridgehead atoms. The quantitative estimate of drug-likeness (QED) is 0.0464. The Labute approximate surface area is 336 Å². The van der Waals surface area contributed by atoms with E-state index in [-0.39, 0.29) is 5.41 Å². The molecule has 15 heteroatoms. The van der Waals surface area contributed by atoms with E-state index in [1.54, 1.807) is 64.0 Å². The van der Waals surface area contributed by atoms with Gasteiger partial charge in [0, 0.05) is 106 Å². The number of rotatable bonds is 34. The lowest BCUT2D eigenvalue weighted by Crippen LogP contribution is -2.65. The molecule has 9 nitrogen and oxygen atoms in total. The summed E-state index contributed by atoms with van der Waals surface area (Å²) >= 11 is 0. The van der Waals surface area contributed by atoms with Crippen LogP contribution in [0.4, 0.5) is 0 Å². The van der Waals surface area contributed by atoms with E-state index in [9.17, 15) is 0 Å². The average molecular weight is 860 g/mol. The Morgan fingerprint density at radius 1 is 0.283 bits per heavy atom. The van der Waals surface area contributed by atoms with Crippen LogP contribution in [0, 0.1) is 5.41 Å². The summed E-state index contributed by atoms with van der Waals surface area (Å²) in [5.41, 5.74) is 0.133. The van der Waals surface area contributed by atoms with Crippen molar-refractivity contribution >= 4 is 50.6 Å². The Bertz CT molecular complexity index is 819. The standard InChI is InChI=1S/C38H90O9Si6/c1-39-51(40-2,41-3)34-26-30-37(31-27-35-52(42-4,43-5)44-6,32-28-36-53(45-7,46-8)47-9)29-24-22-20-19-21-23-25-33-38(48(10,11)12,49(13,14)15)50(16,17)18/h19-36H2,1-18H3. The molecule has 0 aliphatic carbocycles. The van der Waals surface area contributed by atoms with Crippen LogP contribution in [0.2, 0.25) is 81.3 Å². The largest absolute Gasteiger partial charge is 0.500 e. The Morgan fingerprint density at radius 3 is 0.717 bits per heavy atom. The molecule has 0 aromatic carbocycles. The molecule has 320 valence electrons. The molecule has 0 amide bonds. The third kappa shape index (κ3) is 15.9. The third-order valence-electron chi connectivity index (χ3n) is 13.0. The van der Waals surface area contributed by atoms with Gasteiger partial charge in [0.1, 0.15) is 0 Å². The minimum Gasteiger partial charge on any atom is -0.377 e. The molecule has 0 radical (unpaired) electrons. The van der Waals surface area contributed by atoms with E-state index >= 15 is 0 Å². The fraction of sp³-hybridized carbons (Fsp3) is 1.00. The molecule has 0 saturated carbocycles. The lowest BCUT2D eigenvalue weighted by Gasteiger charge is -2.59. The normalized spacial score (nSPS) is 14.4. The molecule has 0 aromatic heterocycles. The SMILES string of the molecule is CO[Si](CCCC(CCCCCCCCCC([Si](C)(C)C)([Si](C)(C)C)[Si](C)(C)C)(CCC[Si](OC)(OC)OC)CCC[Si](OC)(OC)OC)(OC)OC. The van der Waals surface area contributed by atoms with Gasteiger partial charge in [-0.2, -0.15) is 0 Å². The van der Waals surface area contributed by atoms with Gasteiger partial charge in [0.05, 0.1) is 0 Å². The first-order valence-corrected chi connectivity index (χ1v) is 36.9. The predicted octanol–water partition coefficient (Wildman–Crippen LogP) is 11.3. The van der Waals surface area contributed by atoms with Gasteiger partial charge in [0.2, 0.25) is 0 Å². The summed E-state index contributed by atoms with van der Waals surface area (Å²) < 4.78 is 53.1. The maximum absolute atomic E-state index is 5.82. The van der Waals surface area contributed by atoms with Crippen molar-refractivity contribution in [2.75, 3.05) is 64.0 Å². The third-order valence-corrected chi connectivity index (χ3v) is 43.4. The van der Waals surface area contributed by atoms with Gasteiger partial charge in [-0.1, -0.05) is 110 Å². The van der Waals surface area contributed by atoms with Crippen molar-refractivity contribution in [2.45, 2.75) is 178 Å². The van der Waals surface area contributed by atoms with Gasteiger partial charge >= 0.3 is 26.4 Å². The molecule has 0 aromatic rings. The van der Waals surface area contributed by atoms with Crippen LogP contribution in [0.5, 0.6) is 0 Å². The highest BCUT2D eigenvalue weighted by atomic mass is 28.5. The summed E-state index contributed by atoms with van der Waals surface area (Å²) in [6.45, 7) is 24.0. The Balaban J connectivity index is 5.85. The van der Waals surface area contributed by atoms with Crippen molar-refractivity contribution in [3.8, 4) is 0 Å². The maximum atomic E-state index is 5.82. The highest BCUT2D eigenvalue weighted by molar-refractivity contribution is 7.15. The molecular formula is C38H90O9Si6. The zero-order valence-corrected chi connectivity index (χ0v) is 44.4. The number of hydrogen-bond donors (Lipinski definition) is 0. The molecule has 0 atom stereocenters. The molecule has 53 heavy (non-hydrogen) atoms. The first-order chi connectivity index (χ1) is 24.6. The van der Waals surface area contributed by atoms with Crippen LogP contribution in [-0.4, -0.2) is 115 Å². The second-order valence-electron chi connectivity index (χ2n) is 18.6. The molecule has 0 aliphatic rings. The van der Waals surface area contributed by atoms with Gasteiger partial charge in [-0.25, -0.2) is 0 Å². The van der Waals surface area contributed by atoms with Crippen LogP contribution < -0.4 is 0 Å². The Hall–Kier alpha value is 0.941. The fourth-order valence-electron chi connectivity index (χ4n) is 10.7. The van der Waals surface area contributed by atoms with Gasteiger partial charge in [0.15, 0.2) is 0 Å². The summed E-state index contributed by atoms with van der Waals surface area (Å²) in [7, 11) is 3.39. The van der Waals surface area contributed by atoms with E-state index in [1.807, 2.05) is 0 Å². The van der Waals surface area contributed by atoms with Crippen LogP contribution >= 0.6 is 0 Å². The first kappa shape index (κ1) is 53.9. The van der Waals surface area contributed by atoms with Gasteiger partial charge in [-0.05, 0) is 54.6 Å². The molecular weight excluding hydrogens is 769 g/mol. The summed E-state index contributed by atoms with van der Waals surface area (Å²) in [4.78, 5) is 0. The minimum atomic E-state index is -2.68. The van der Waals surface area contributed by atoms with Crippen molar-refractivity contribution in [1.82, 2.24) is 0 Å². The molecule has 0 heterocycles. The van der Waals surface area contributed by atoms with Crippen molar-refractivity contribution in [2.24, 2.45) is 5.41 Å². The van der Waals surface area contributed by atoms with E-state index in [0.29, 0.717) is 4.28 Å². The number of unbranched alkanes of at least 4 members (excludes halogenated alkanes) is 6. The van der Waals surface area contributed by atoms with Gasteiger partial charge in [-0.3, -0.25) is 0 Å². The van der Waals surface area contributed by atoms with Gasteiger partial charge in [-0.15, -0.1) is 0 Å². The van der Waals surface area contributed by atoms with Crippen molar-refractivity contribution in [1.29, 1.82) is 0 Å². The van der Waals surface area contributed by atoms with E-state index in [2.05, 4.69) is 58.9 Å². The summed E-state index contributed by atoms with van der Waals surface area (Å²) in [5.74, 6) is 0. The predicted molar refractivity (Wildman–Crippen MR) is 239 cm³/mol. The van der Waals surface area contributed by atoms with Gasteiger partial charge in [0.25, 0.3) is 0 Å². The zero-order chi connectivity index (χ0) is 41.1. The van der Waals surface area contributed by atoms with E-state index in [4.69, 9.17) is 39.8 Å². The molecule has 0 spiro atoms. The molecule has 0 rings (SSSR count). The highest BCUT2D eigenvalue weighted by Gasteiger charge is 2.58. The monoisotopic (exact) mass is 859 g/mol. The summed E-state index contributed by atoms with van der Waals surface area (Å²) in [6, 6.07) is 2.39. The average Bonchev–Trinajstić information content (AvgIpc) is 3.10. The lowest BCUT2D eigenvalue weighted by atomic mass is 9.72. The van der Waals surface area contributed by atoms with Crippen molar-refractivity contribution in [3.05, 3.63) is 0 Å². The Kier molecular flexibility index (Phi) is 25.2. The molecule has 0 fully saturated rings. The lowest BCUT2D eigenvalue weighted by molar-refractivity contribution is 0.111. The number of hydrogen-bond acceptors (Lipinski definition) is 9. The van der Waals surface area contributed by atoms with Crippen LogP contribution in [0.3, 0.4) is 0 Å². The zero-order valence-electron chi connectivity index (χ0n) is 38.4. The smallest absolute Gasteiger partial charge is 0.377 e. The summed E-state index contributed by atoms with van der Waals surface area (Å²) in [5, 5.41) is 0. The highest BCUT2D eigenvalue weighted by Crippen LogP contribution is 2.57. The molecule has 0 N–H and O–H groups in total. The van der Waals surface area contributed by atoms with E-state index in [0.717, 1.165) is 56.7 Å². The van der Waals surface area contributed by atoms with Crippen LogP contribution in [0.25, 0.3) is 0 Å². The maximum Gasteiger partial charge on any atom is 0.500 e. The topological polar surface area (TPSA) is 83.1 Å². The first-order valence-electron chi connectivity index (χ1n) is 20.6. The van der Waals surface area contributed by atoms with Crippen LogP contribution in [0.1, 0.15) is 96.3 Å². The molecule has 0 unspecified atom stereocenters. The minimum absolute atomic E-state index is 0.133. The second kappa shape index (κ2) is 24.8. The Morgan fingerprint density at radius 2 is 0.491 bits per heavy atom. The van der Waals surface area contributed by atoms with Crippen molar-refractivity contribution < 1.29 is 39.8 Å². The van der Waals surface area contributed by atoms with E-state index < -0.39 is 50.6 Å². The molecule has 0 saturated heterocycles. The fourth-order valence-corrected chi connectivity index (χ4v) is 45.7.